The van der Waals surface area contributed by atoms with Crippen LogP contribution < -0.4 is 5.32 Å². The largest absolute Gasteiger partial charge is 0.309 e. The zero-order valence-electron chi connectivity index (χ0n) is 9.19. The lowest BCUT2D eigenvalue weighted by atomic mass is 10.0. The smallest absolute Gasteiger partial charge is 0.0580 e. The Morgan fingerprint density at radius 3 is 2.87 bits per heavy atom. The molecule has 2 nitrogen and oxygen atoms in total. The Balaban J connectivity index is 2.29. The quantitative estimate of drug-likeness (QED) is 0.851. The fraction of sp³-hybridized carbons (Fsp3) is 0.500. The van der Waals surface area contributed by atoms with Crippen molar-refractivity contribution in [1.29, 1.82) is 0 Å². The first-order chi connectivity index (χ1) is 7.25. The van der Waals surface area contributed by atoms with Crippen molar-refractivity contribution in [3.63, 3.8) is 0 Å². The van der Waals surface area contributed by atoms with Crippen molar-refractivity contribution in [2.24, 2.45) is 0 Å². The van der Waals surface area contributed by atoms with E-state index in [-0.39, 0.29) is 11.3 Å². The Morgan fingerprint density at radius 1 is 1.40 bits per heavy atom. The highest BCUT2D eigenvalue weighted by Gasteiger charge is 2.34. The van der Waals surface area contributed by atoms with Gasteiger partial charge in [-0.25, -0.2) is 0 Å². The molecule has 1 heterocycles. The molecule has 15 heavy (non-hydrogen) atoms. The molecular weight excluding hydrogens is 206 g/mol. The van der Waals surface area contributed by atoms with Gasteiger partial charge < -0.3 is 5.32 Å². The van der Waals surface area contributed by atoms with E-state index < -0.39 is 10.8 Å². The van der Waals surface area contributed by atoms with Crippen LogP contribution in [0.4, 0.5) is 0 Å². The van der Waals surface area contributed by atoms with Crippen molar-refractivity contribution < 1.29 is 4.21 Å². The van der Waals surface area contributed by atoms with Crippen molar-refractivity contribution in [3.05, 3.63) is 29.8 Å². The van der Waals surface area contributed by atoms with Crippen LogP contribution in [0.5, 0.6) is 0 Å². The number of rotatable bonds is 3. The third kappa shape index (κ3) is 1.86. The molecule has 1 aromatic rings. The Labute approximate surface area is 93.5 Å². The van der Waals surface area contributed by atoms with Crippen molar-refractivity contribution in [2.45, 2.75) is 36.5 Å². The number of hydrogen-bond acceptors (Lipinski definition) is 2. The first-order valence-corrected chi connectivity index (χ1v) is 6.70. The van der Waals surface area contributed by atoms with Crippen LogP contribution in [0.3, 0.4) is 0 Å². The van der Waals surface area contributed by atoms with Gasteiger partial charge in [0.2, 0.25) is 0 Å². The Bertz CT molecular complexity index is 378. The molecule has 0 saturated heterocycles. The van der Waals surface area contributed by atoms with Crippen LogP contribution in [0.1, 0.15) is 31.9 Å². The van der Waals surface area contributed by atoms with Crippen LogP contribution >= 0.6 is 0 Å². The molecule has 0 fully saturated rings. The minimum atomic E-state index is -0.839. The van der Waals surface area contributed by atoms with Gasteiger partial charge in [0.05, 0.1) is 16.0 Å². The highest BCUT2D eigenvalue weighted by atomic mass is 32.2. The van der Waals surface area contributed by atoms with Gasteiger partial charge in [-0.05, 0) is 31.5 Å². The Morgan fingerprint density at radius 2 is 2.13 bits per heavy atom. The maximum Gasteiger partial charge on any atom is 0.0580 e. The molecule has 0 saturated carbocycles. The summed E-state index contributed by atoms with van der Waals surface area (Å²) >= 11 is 0. The molecule has 0 radical (unpaired) electrons. The van der Waals surface area contributed by atoms with E-state index in [4.69, 9.17) is 0 Å². The summed E-state index contributed by atoms with van der Waals surface area (Å²) in [5.74, 6) is 0. The van der Waals surface area contributed by atoms with Crippen molar-refractivity contribution in [1.82, 2.24) is 5.32 Å². The average Bonchev–Trinajstić information content (AvgIpc) is 2.51. The number of nitrogens with one attached hydrogen (secondary N) is 1. The minimum Gasteiger partial charge on any atom is -0.309 e. The molecule has 0 bridgehead atoms. The van der Waals surface area contributed by atoms with Crippen LogP contribution in [0.25, 0.3) is 0 Å². The average molecular weight is 223 g/mol. The second kappa shape index (κ2) is 4.45. The molecule has 0 aliphatic carbocycles. The normalized spacial score (nSPS) is 29.1. The van der Waals surface area contributed by atoms with Gasteiger partial charge in [0.15, 0.2) is 0 Å². The van der Waals surface area contributed by atoms with E-state index in [2.05, 4.69) is 25.2 Å². The van der Waals surface area contributed by atoms with E-state index in [1.807, 2.05) is 18.2 Å². The van der Waals surface area contributed by atoms with Gasteiger partial charge in [0.1, 0.15) is 0 Å². The Hall–Kier alpha value is -0.670. The maximum atomic E-state index is 12.0. The molecule has 1 aliphatic rings. The summed E-state index contributed by atoms with van der Waals surface area (Å²) in [5, 5.41) is 3.66. The molecular formula is C12H17NOS. The minimum absolute atomic E-state index is 0.189. The van der Waals surface area contributed by atoms with Crippen LogP contribution in [-0.2, 0) is 10.8 Å². The molecule has 2 rings (SSSR count). The predicted molar refractivity (Wildman–Crippen MR) is 63.3 cm³/mol. The predicted octanol–water partition coefficient (Wildman–Crippen LogP) is 2.24. The molecule has 0 aromatic heterocycles. The molecule has 1 aromatic carbocycles. The van der Waals surface area contributed by atoms with E-state index >= 15 is 0 Å². The highest BCUT2D eigenvalue weighted by Crippen LogP contribution is 2.35. The summed E-state index contributed by atoms with van der Waals surface area (Å²) in [6, 6.07) is 8.32. The van der Waals surface area contributed by atoms with Gasteiger partial charge in [0.25, 0.3) is 0 Å². The maximum absolute atomic E-state index is 12.0. The summed E-state index contributed by atoms with van der Waals surface area (Å²) in [6.45, 7) is 5.19. The fourth-order valence-electron chi connectivity index (χ4n) is 2.07. The van der Waals surface area contributed by atoms with E-state index in [0.717, 1.165) is 17.9 Å². The first kappa shape index (κ1) is 10.8. The standard InChI is InChI=1S/C12H17NOS/c1-3-8-13-12-9(2)15(14)11-7-5-4-6-10(11)12/h4-7,9,12-13H,3,8H2,1-2H3. The van der Waals surface area contributed by atoms with E-state index in [0.29, 0.717) is 0 Å². The van der Waals surface area contributed by atoms with Gasteiger partial charge in [-0.2, -0.15) is 0 Å². The molecule has 3 heteroatoms. The van der Waals surface area contributed by atoms with Crippen molar-refractivity contribution >= 4 is 10.8 Å². The van der Waals surface area contributed by atoms with E-state index in [1.165, 1.54) is 5.56 Å². The second-order valence-electron chi connectivity index (χ2n) is 3.97. The van der Waals surface area contributed by atoms with Crippen molar-refractivity contribution in [2.75, 3.05) is 6.54 Å². The summed E-state index contributed by atoms with van der Waals surface area (Å²) in [4.78, 5) is 1.01. The SMILES string of the molecule is CCCNC1c2ccccc2S(=O)C1C. The van der Waals surface area contributed by atoms with Crippen LogP contribution in [-0.4, -0.2) is 16.0 Å². The summed E-state index contributed by atoms with van der Waals surface area (Å²) in [6.07, 6.45) is 1.11. The fourth-order valence-corrected chi connectivity index (χ4v) is 3.60. The van der Waals surface area contributed by atoms with Gasteiger partial charge in [-0.15, -0.1) is 0 Å². The van der Waals surface area contributed by atoms with Crippen LogP contribution in [0, 0.1) is 0 Å². The molecule has 1 N–H and O–H groups in total. The first-order valence-electron chi connectivity index (χ1n) is 5.48. The zero-order chi connectivity index (χ0) is 10.8. The number of benzene rings is 1. The molecule has 82 valence electrons. The monoisotopic (exact) mass is 223 g/mol. The third-order valence-electron chi connectivity index (χ3n) is 2.89. The van der Waals surface area contributed by atoms with E-state index in [9.17, 15) is 4.21 Å². The lowest BCUT2D eigenvalue weighted by Crippen LogP contribution is -2.28. The lowest BCUT2D eigenvalue weighted by molar-refractivity contribution is 0.527. The highest BCUT2D eigenvalue weighted by molar-refractivity contribution is 7.86. The van der Waals surface area contributed by atoms with Gasteiger partial charge >= 0.3 is 0 Å². The summed E-state index contributed by atoms with van der Waals surface area (Å²) in [7, 11) is -0.839. The molecule has 0 spiro atoms. The Kier molecular flexibility index (Phi) is 3.22. The molecule has 0 amide bonds. The van der Waals surface area contributed by atoms with Gasteiger partial charge in [-0.3, -0.25) is 4.21 Å². The van der Waals surface area contributed by atoms with Crippen LogP contribution in [0.2, 0.25) is 0 Å². The summed E-state index contributed by atoms with van der Waals surface area (Å²) in [5.41, 5.74) is 1.22. The summed E-state index contributed by atoms with van der Waals surface area (Å²) < 4.78 is 12.0. The van der Waals surface area contributed by atoms with Gasteiger partial charge in [0, 0.05) is 10.9 Å². The van der Waals surface area contributed by atoms with Crippen molar-refractivity contribution in [3.8, 4) is 0 Å². The van der Waals surface area contributed by atoms with Crippen LogP contribution in [0.15, 0.2) is 29.2 Å². The molecule has 3 unspecified atom stereocenters. The van der Waals surface area contributed by atoms with E-state index in [1.54, 1.807) is 0 Å². The third-order valence-corrected chi connectivity index (χ3v) is 4.64. The number of fused-ring (bicyclic) bond motifs is 1. The molecule has 1 aliphatic heterocycles. The van der Waals surface area contributed by atoms with Gasteiger partial charge in [-0.1, -0.05) is 25.1 Å². The number of hydrogen-bond donors (Lipinski definition) is 1. The second-order valence-corrected chi connectivity index (χ2v) is 5.75. The zero-order valence-corrected chi connectivity index (χ0v) is 10.0. The lowest BCUT2D eigenvalue weighted by Gasteiger charge is -2.16. The topological polar surface area (TPSA) is 29.1 Å². The molecule has 3 atom stereocenters.